The second-order valence-corrected chi connectivity index (χ2v) is 30.7. The molecule has 4 nitrogen and oxygen atoms in total. The van der Waals surface area contributed by atoms with E-state index >= 15 is 0 Å². The molecule has 0 spiro atoms. The number of hydrogen-bond donors (Lipinski definition) is 0. The van der Waals surface area contributed by atoms with Crippen LogP contribution in [0.25, 0.3) is 153 Å². The highest BCUT2D eigenvalue weighted by atomic mass is 16.3. The van der Waals surface area contributed by atoms with Gasteiger partial charge in [0.2, 0.25) is 0 Å². The van der Waals surface area contributed by atoms with Gasteiger partial charge in [-0.05, 0) is 176 Å². The van der Waals surface area contributed by atoms with Gasteiger partial charge < -0.3 is 18.6 Å². The Morgan fingerprint density at radius 1 is 0.226 bits per heavy atom. The van der Waals surface area contributed by atoms with Crippen LogP contribution in [0.15, 0.2) is 336 Å². The van der Waals surface area contributed by atoms with E-state index < -0.39 is 0 Å². The van der Waals surface area contributed by atoms with Crippen LogP contribution in [0.1, 0.15) is 63.8 Å². The van der Waals surface area contributed by atoms with Crippen molar-refractivity contribution >= 4 is 153 Å². The Morgan fingerprint density at radius 2 is 0.585 bits per heavy atom. The molecule has 508 valence electrons. The summed E-state index contributed by atoms with van der Waals surface area (Å²) in [5, 5.41) is 21.9. The molecule has 0 bridgehead atoms. The number of nitrogens with zero attached hydrogens (tertiary/aromatic N) is 2. The van der Waals surface area contributed by atoms with E-state index in [0.29, 0.717) is 0 Å². The zero-order valence-corrected chi connectivity index (χ0v) is 60.9. The van der Waals surface area contributed by atoms with Crippen LogP contribution in [0.4, 0.5) is 34.1 Å². The van der Waals surface area contributed by atoms with Gasteiger partial charge in [0.1, 0.15) is 11.2 Å². The fourth-order valence-corrected chi connectivity index (χ4v) is 17.1. The van der Waals surface area contributed by atoms with Crippen LogP contribution in [0.3, 0.4) is 0 Å². The quantitative estimate of drug-likeness (QED) is 0.107. The van der Waals surface area contributed by atoms with Crippen LogP contribution >= 0.6 is 0 Å². The van der Waals surface area contributed by atoms with Crippen LogP contribution in [0, 0.1) is 13.8 Å². The lowest BCUT2D eigenvalue weighted by Crippen LogP contribution is -2.13. The summed E-state index contributed by atoms with van der Waals surface area (Å²) in [5.41, 5.74) is 22.3. The average Bonchev–Trinajstić information content (AvgIpc) is 0.893. The van der Waals surface area contributed by atoms with E-state index in [2.05, 4.69) is 393 Å². The molecule has 0 atom stereocenters. The van der Waals surface area contributed by atoms with E-state index in [1.54, 1.807) is 0 Å². The minimum Gasteiger partial charge on any atom is -0.454 e. The molecule has 2 heterocycles. The third kappa shape index (κ3) is 10.5. The normalized spacial score (nSPS) is 12.2. The Labute approximate surface area is 617 Å². The maximum atomic E-state index is 7.08. The molecular formula is C102H78N2O2. The molecule has 0 saturated carbocycles. The van der Waals surface area contributed by atoms with Crippen LogP contribution in [-0.2, 0) is 10.8 Å². The standard InChI is InChI=1S/C62H52N2O2.C40H26/c1-37-17-9-11-25-49(37)63(53-27-15-21-43-41-19-13-23-47(61(3,4)5)57(41)65-59(43)53)51-35-31-39-30-34-46-52(36-32-40-29-33-45(51)55(39)56(40)46)64(50-26-12-10-18-38(50)2)54-28-16-22-44-42-20-14-24-48(62(6,7)8)58(42)66-60(44)54;1-2-12-31-26-32(25-22-27(31)10-1)28-20-23-30(24-21-28)39-35-15-5-7-17-37(35)40(38-18-8-6-16-36(38)39)34-19-9-13-29-11-3-4-14-33(29)34/h9-36H,1-8H3;1-26H. The maximum absolute atomic E-state index is 7.08. The molecule has 0 fully saturated rings. The first-order valence-corrected chi connectivity index (χ1v) is 37.0. The number of hydrogen-bond acceptors (Lipinski definition) is 4. The SMILES string of the molecule is Cc1ccccc1N(c1ccc2ccc3c(N(c4ccccc4C)c4cccc5c4oc4c(C(C)(C)C)cccc45)ccc4ccc1c2c43)c1cccc2c1oc1c(C(C)(C)C)cccc12.c1ccc2cc(-c3ccc(-c4c5ccccc5c(-c5cccc6ccccc56)c5ccccc45)cc3)ccc2c1. The fourth-order valence-electron chi connectivity index (χ4n) is 17.1. The highest BCUT2D eigenvalue weighted by Crippen LogP contribution is 2.53. The van der Waals surface area contributed by atoms with E-state index in [4.69, 9.17) is 8.83 Å². The van der Waals surface area contributed by atoms with Gasteiger partial charge >= 0.3 is 0 Å². The van der Waals surface area contributed by atoms with E-state index in [-0.39, 0.29) is 10.8 Å². The van der Waals surface area contributed by atoms with Crippen LogP contribution in [0.2, 0.25) is 0 Å². The van der Waals surface area contributed by atoms with Gasteiger partial charge in [0.05, 0.1) is 22.7 Å². The highest BCUT2D eigenvalue weighted by Gasteiger charge is 2.30. The van der Waals surface area contributed by atoms with E-state index in [1.165, 1.54) is 131 Å². The lowest BCUT2D eigenvalue weighted by molar-refractivity contribution is 0.572. The van der Waals surface area contributed by atoms with E-state index in [9.17, 15) is 0 Å². The molecule has 18 aromatic carbocycles. The summed E-state index contributed by atoms with van der Waals surface area (Å²) in [7, 11) is 0. The molecule has 106 heavy (non-hydrogen) atoms. The Balaban J connectivity index is 0.000000164. The summed E-state index contributed by atoms with van der Waals surface area (Å²) in [5.74, 6) is 0. The van der Waals surface area contributed by atoms with Crippen molar-refractivity contribution in [1.82, 2.24) is 0 Å². The van der Waals surface area contributed by atoms with Crippen LogP contribution < -0.4 is 9.80 Å². The van der Waals surface area contributed by atoms with E-state index in [0.717, 1.165) is 78.0 Å². The summed E-state index contributed by atoms with van der Waals surface area (Å²) >= 11 is 0. The van der Waals surface area contributed by atoms with Crippen LogP contribution in [-0.4, -0.2) is 0 Å². The molecule has 20 rings (SSSR count). The summed E-state index contributed by atoms with van der Waals surface area (Å²) in [6, 6.07) is 120. The molecule has 0 radical (unpaired) electrons. The van der Waals surface area contributed by atoms with Gasteiger partial charge in [-0.3, -0.25) is 0 Å². The molecule has 0 aliphatic heterocycles. The monoisotopic (exact) mass is 1360 g/mol. The molecule has 0 aliphatic rings. The predicted molar refractivity (Wildman–Crippen MR) is 454 cm³/mol. The Bertz CT molecular complexity index is 6580. The number of anilines is 6. The van der Waals surface area contributed by atoms with Gasteiger partial charge in [0.15, 0.2) is 11.2 Å². The minimum atomic E-state index is -0.0860. The number of furan rings is 2. The molecule has 0 N–H and O–H groups in total. The highest BCUT2D eigenvalue weighted by molar-refractivity contribution is 6.29. The zero-order chi connectivity index (χ0) is 71.7. The molecule has 0 saturated heterocycles. The Hall–Kier alpha value is -12.8. The van der Waals surface area contributed by atoms with Crippen molar-refractivity contribution in [3.05, 3.63) is 350 Å². The van der Waals surface area contributed by atoms with Crippen LogP contribution in [0.5, 0.6) is 0 Å². The first-order valence-electron chi connectivity index (χ1n) is 37.0. The Morgan fingerprint density at radius 3 is 1.08 bits per heavy atom. The summed E-state index contributed by atoms with van der Waals surface area (Å²) in [4.78, 5) is 4.86. The van der Waals surface area contributed by atoms with E-state index in [1.807, 2.05) is 0 Å². The number of fused-ring (bicyclic) bond motifs is 10. The predicted octanol–water partition coefficient (Wildman–Crippen LogP) is 29.8. The van der Waals surface area contributed by atoms with Gasteiger partial charge in [-0.1, -0.05) is 327 Å². The van der Waals surface area contributed by atoms with Gasteiger partial charge in [0, 0.05) is 54.8 Å². The largest absolute Gasteiger partial charge is 0.454 e. The smallest absolute Gasteiger partial charge is 0.159 e. The summed E-state index contributed by atoms with van der Waals surface area (Å²) in [6.45, 7) is 17.9. The van der Waals surface area contributed by atoms with Crippen molar-refractivity contribution in [3.63, 3.8) is 0 Å². The van der Waals surface area contributed by atoms with Crippen molar-refractivity contribution in [2.75, 3.05) is 9.80 Å². The third-order valence-corrected chi connectivity index (χ3v) is 22.2. The Kier molecular flexibility index (Phi) is 15.1. The lowest BCUT2D eigenvalue weighted by Gasteiger charge is -2.30. The molecule has 2 aromatic heterocycles. The van der Waals surface area contributed by atoms with Gasteiger partial charge in [-0.2, -0.15) is 0 Å². The topological polar surface area (TPSA) is 32.8 Å². The maximum Gasteiger partial charge on any atom is 0.159 e. The fraction of sp³-hybridized carbons (Fsp3) is 0.0980. The number of aryl methyl sites for hydroxylation is 2. The second kappa shape index (κ2) is 25.0. The molecule has 0 aliphatic carbocycles. The number of para-hydroxylation sites is 6. The zero-order valence-electron chi connectivity index (χ0n) is 60.9. The number of benzene rings is 18. The lowest BCUT2D eigenvalue weighted by atomic mass is 9.84. The number of rotatable bonds is 9. The first kappa shape index (κ1) is 64.1. The minimum absolute atomic E-state index is 0.0860. The van der Waals surface area contributed by atoms with Gasteiger partial charge in [-0.15, -0.1) is 0 Å². The summed E-state index contributed by atoms with van der Waals surface area (Å²) in [6.07, 6.45) is 0. The van der Waals surface area contributed by atoms with Crippen molar-refractivity contribution in [3.8, 4) is 33.4 Å². The first-order chi connectivity index (χ1) is 51.7. The molecule has 0 amide bonds. The van der Waals surface area contributed by atoms with Crippen molar-refractivity contribution in [2.45, 2.75) is 66.2 Å². The van der Waals surface area contributed by atoms with Crippen molar-refractivity contribution in [2.24, 2.45) is 0 Å². The second-order valence-electron chi connectivity index (χ2n) is 30.7. The third-order valence-electron chi connectivity index (χ3n) is 22.2. The molecule has 20 aromatic rings. The molecule has 0 unspecified atom stereocenters. The molecule has 4 heteroatoms. The average molecular weight is 1360 g/mol. The van der Waals surface area contributed by atoms with Crippen molar-refractivity contribution in [1.29, 1.82) is 0 Å². The van der Waals surface area contributed by atoms with Gasteiger partial charge in [-0.25, -0.2) is 0 Å². The summed E-state index contributed by atoms with van der Waals surface area (Å²) < 4.78 is 14.2. The van der Waals surface area contributed by atoms with Gasteiger partial charge in [0.25, 0.3) is 0 Å². The molecular weight excluding hydrogens is 1290 g/mol. The van der Waals surface area contributed by atoms with Crippen molar-refractivity contribution < 1.29 is 8.83 Å².